The highest BCUT2D eigenvalue weighted by Crippen LogP contribution is 2.17. The van der Waals surface area contributed by atoms with Crippen LogP contribution in [0.3, 0.4) is 0 Å². The van der Waals surface area contributed by atoms with Gasteiger partial charge in [0.1, 0.15) is 5.82 Å². The van der Waals surface area contributed by atoms with Crippen molar-refractivity contribution in [2.24, 2.45) is 11.7 Å². The fraction of sp³-hybridized carbons (Fsp3) is 0.533. The van der Waals surface area contributed by atoms with Crippen LogP contribution in [0.15, 0.2) is 18.2 Å². The van der Waals surface area contributed by atoms with E-state index in [1.54, 1.807) is 6.92 Å². The molecule has 1 aromatic carbocycles. The molecule has 3 nitrogen and oxygen atoms in total. The lowest BCUT2D eigenvalue weighted by molar-refractivity contribution is 0.0897. The Morgan fingerprint density at radius 2 is 2.11 bits per heavy atom. The lowest BCUT2D eigenvalue weighted by Gasteiger charge is -2.31. The van der Waals surface area contributed by atoms with Gasteiger partial charge in [0.25, 0.3) is 5.91 Å². The zero-order valence-corrected chi connectivity index (χ0v) is 12.1. The quantitative estimate of drug-likeness (QED) is 0.860. The average molecular weight is 266 g/mol. The van der Waals surface area contributed by atoms with Crippen molar-refractivity contribution >= 4 is 5.91 Å². The third-order valence-electron chi connectivity index (χ3n) is 3.16. The summed E-state index contributed by atoms with van der Waals surface area (Å²) in [5.41, 5.74) is 6.45. The Bertz CT molecular complexity index is 459. The Hall–Kier alpha value is -1.42. The van der Waals surface area contributed by atoms with Crippen LogP contribution in [0.1, 0.15) is 43.1 Å². The largest absolute Gasteiger partial charge is 0.346 e. The van der Waals surface area contributed by atoms with Crippen molar-refractivity contribution in [1.29, 1.82) is 0 Å². The van der Waals surface area contributed by atoms with Gasteiger partial charge < -0.3 is 11.1 Å². The molecule has 0 heterocycles. The van der Waals surface area contributed by atoms with E-state index in [0.29, 0.717) is 23.6 Å². The fourth-order valence-corrected chi connectivity index (χ4v) is 2.31. The molecule has 3 N–H and O–H groups in total. The number of hydrogen-bond donors (Lipinski definition) is 2. The maximum absolute atomic E-state index is 13.0. The Morgan fingerprint density at radius 3 is 2.58 bits per heavy atom. The molecule has 1 rings (SSSR count). The molecule has 106 valence electrons. The van der Waals surface area contributed by atoms with Crippen LogP contribution in [-0.4, -0.2) is 18.0 Å². The first-order valence-corrected chi connectivity index (χ1v) is 6.56. The van der Waals surface area contributed by atoms with E-state index in [1.807, 2.05) is 6.92 Å². The summed E-state index contributed by atoms with van der Waals surface area (Å²) >= 11 is 0. The van der Waals surface area contributed by atoms with Gasteiger partial charge in [-0.3, -0.25) is 4.79 Å². The molecule has 0 bridgehead atoms. The summed E-state index contributed by atoms with van der Waals surface area (Å²) in [5, 5.41) is 2.96. The van der Waals surface area contributed by atoms with Gasteiger partial charge in [0.05, 0.1) is 0 Å². The van der Waals surface area contributed by atoms with E-state index in [9.17, 15) is 9.18 Å². The van der Waals surface area contributed by atoms with Gasteiger partial charge in [-0.05, 0) is 49.9 Å². The van der Waals surface area contributed by atoms with Gasteiger partial charge in [0.15, 0.2) is 0 Å². The minimum Gasteiger partial charge on any atom is -0.346 e. The Balaban J connectivity index is 2.88. The molecule has 19 heavy (non-hydrogen) atoms. The first kappa shape index (κ1) is 15.6. The first-order valence-electron chi connectivity index (χ1n) is 6.56. The Labute approximate surface area is 114 Å². The number of amides is 1. The number of halogens is 1. The van der Waals surface area contributed by atoms with Gasteiger partial charge >= 0.3 is 0 Å². The molecule has 0 fully saturated rings. The van der Waals surface area contributed by atoms with Crippen LogP contribution in [0.5, 0.6) is 0 Å². The lowest BCUT2D eigenvalue weighted by Crippen LogP contribution is -2.52. The minimum absolute atomic E-state index is 0.203. The minimum atomic E-state index is -0.438. The molecule has 0 aromatic heterocycles. The van der Waals surface area contributed by atoms with Gasteiger partial charge in [0.2, 0.25) is 0 Å². The molecule has 0 spiro atoms. The number of rotatable bonds is 5. The van der Waals surface area contributed by atoms with Crippen molar-refractivity contribution in [3.8, 4) is 0 Å². The topological polar surface area (TPSA) is 55.1 Å². The van der Waals surface area contributed by atoms with Crippen molar-refractivity contribution in [3.05, 3.63) is 35.1 Å². The number of hydrogen-bond acceptors (Lipinski definition) is 2. The van der Waals surface area contributed by atoms with E-state index >= 15 is 0 Å². The number of benzene rings is 1. The summed E-state index contributed by atoms with van der Waals surface area (Å²) in [4.78, 5) is 12.2. The van der Waals surface area contributed by atoms with E-state index in [1.165, 1.54) is 18.2 Å². The van der Waals surface area contributed by atoms with E-state index in [0.717, 1.165) is 6.42 Å². The highest BCUT2D eigenvalue weighted by molar-refractivity contribution is 5.96. The molecule has 0 aliphatic rings. The predicted octanol–water partition coefficient (Wildman–Crippen LogP) is 2.63. The van der Waals surface area contributed by atoms with Crippen molar-refractivity contribution < 1.29 is 9.18 Å². The SMILES string of the molecule is Cc1cc(F)ccc1C(=O)NC(C)(CN)CC(C)C. The van der Waals surface area contributed by atoms with Crippen LogP contribution >= 0.6 is 0 Å². The number of nitrogens with two attached hydrogens (primary N) is 1. The molecule has 1 atom stereocenters. The number of nitrogens with one attached hydrogen (secondary N) is 1. The van der Waals surface area contributed by atoms with Crippen LogP contribution in [-0.2, 0) is 0 Å². The first-order chi connectivity index (χ1) is 8.77. The third kappa shape index (κ3) is 4.31. The molecule has 0 saturated heterocycles. The van der Waals surface area contributed by atoms with Gasteiger partial charge in [-0.2, -0.15) is 0 Å². The average Bonchev–Trinajstić information content (AvgIpc) is 2.27. The summed E-state index contributed by atoms with van der Waals surface area (Å²) in [6.45, 7) is 8.20. The maximum atomic E-state index is 13.0. The number of aryl methyl sites for hydroxylation is 1. The van der Waals surface area contributed by atoms with Crippen LogP contribution < -0.4 is 11.1 Å². The van der Waals surface area contributed by atoms with Crippen LogP contribution in [0.4, 0.5) is 4.39 Å². The molecular weight excluding hydrogens is 243 g/mol. The Kier molecular flexibility index (Phi) is 5.06. The second-order valence-corrected chi connectivity index (χ2v) is 5.78. The van der Waals surface area contributed by atoms with Gasteiger partial charge in [-0.1, -0.05) is 13.8 Å². The molecule has 1 amide bonds. The molecule has 0 aliphatic carbocycles. The number of carbonyl (C=O) groups excluding carboxylic acids is 1. The standard InChI is InChI=1S/C15H23FN2O/c1-10(2)8-15(4,9-17)18-14(19)13-6-5-12(16)7-11(13)3/h5-7,10H,8-9,17H2,1-4H3,(H,18,19). The van der Waals surface area contributed by atoms with Crippen LogP contribution in [0.25, 0.3) is 0 Å². The maximum Gasteiger partial charge on any atom is 0.252 e. The molecular formula is C15H23FN2O. The van der Waals surface area contributed by atoms with Gasteiger partial charge in [-0.25, -0.2) is 4.39 Å². The molecule has 1 unspecified atom stereocenters. The molecule has 0 radical (unpaired) electrons. The summed E-state index contributed by atoms with van der Waals surface area (Å²) in [7, 11) is 0. The highest BCUT2D eigenvalue weighted by Gasteiger charge is 2.26. The fourth-order valence-electron chi connectivity index (χ4n) is 2.31. The number of carbonyl (C=O) groups is 1. The smallest absolute Gasteiger partial charge is 0.252 e. The van der Waals surface area contributed by atoms with Crippen molar-refractivity contribution in [2.45, 2.75) is 39.7 Å². The normalized spacial score (nSPS) is 14.3. The van der Waals surface area contributed by atoms with E-state index in [-0.39, 0.29) is 11.7 Å². The summed E-state index contributed by atoms with van der Waals surface area (Å²) in [6.07, 6.45) is 0.801. The van der Waals surface area contributed by atoms with E-state index in [4.69, 9.17) is 5.73 Å². The van der Waals surface area contributed by atoms with Crippen molar-refractivity contribution in [2.75, 3.05) is 6.54 Å². The van der Waals surface area contributed by atoms with Crippen molar-refractivity contribution in [3.63, 3.8) is 0 Å². The zero-order chi connectivity index (χ0) is 14.6. The van der Waals surface area contributed by atoms with E-state index in [2.05, 4.69) is 19.2 Å². The van der Waals surface area contributed by atoms with Crippen LogP contribution in [0, 0.1) is 18.7 Å². The molecule has 0 saturated carbocycles. The van der Waals surface area contributed by atoms with Gasteiger partial charge in [-0.15, -0.1) is 0 Å². The Morgan fingerprint density at radius 1 is 1.47 bits per heavy atom. The zero-order valence-electron chi connectivity index (χ0n) is 12.1. The highest BCUT2D eigenvalue weighted by atomic mass is 19.1. The van der Waals surface area contributed by atoms with E-state index < -0.39 is 5.54 Å². The lowest BCUT2D eigenvalue weighted by atomic mass is 9.90. The molecule has 4 heteroatoms. The second kappa shape index (κ2) is 6.15. The van der Waals surface area contributed by atoms with Crippen LogP contribution in [0.2, 0.25) is 0 Å². The summed E-state index contributed by atoms with van der Waals surface area (Å²) in [6, 6.07) is 4.16. The van der Waals surface area contributed by atoms with Crippen molar-refractivity contribution in [1.82, 2.24) is 5.32 Å². The monoisotopic (exact) mass is 266 g/mol. The predicted molar refractivity (Wildman–Crippen MR) is 75.5 cm³/mol. The molecule has 1 aromatic rings. The molecule has 0 aliphatic heterocycles. The summed E-state index contributed by atoms with van der Waals surface area (Å²) < 4.78 is 13.0. The second-order valence-electron chi connectivity index (χ2n) is 5.78. The summed E-state index contributed by atoms with van der Waals surface area (Å²) in [5.74, 6) is -0.105. The third-order valence-corrected chi connectivity index (χ3v) is 3.16. The van der Waals surface area contributed by atoms with Gasteiger partial charge in [0, 0.05) is 17.6 Å².